The van der Waals surface area contributed by atoms with Crippen molar-refractivity contribution < 1.29 is 4.79 Å². The highest BCUT2D eigenvalue weighted by Crippen LogP contribution is 2.39. The highest BCUT2D eigenvalue weighted by atomic mass is 16.1. The van der Waals surface area contributed by atoms with E-state index in [1.165, 1.54) is 44.2 Å². The minimum Gasteiger partial charge on any atom is -0.326 e. The number of likely N-dealkylation sites (tertiary alicyclic amines) is 1. The average Bonchev–Trinajstić information content (AvgIpc) is 3.32. The SMILES string of the molecule is CC1CCCN1C1CCC(c2ccc(NC(=O)Cc3ccccc3)cc2)C1. The minimum atomic E-state index is 0.0397. The summed E-state index contributed by atoms with van der Waals surface area (Å²) in [5.74, 6) is 0.703. The van der Waals surface area contributed by atoms with E-state index in [0.29, 0.717) is 12.3 Å². The van der Waals surface area contributed by atoms with Crippen molar-refractivity contribution in [2.75, 3.05) is 11.9 Å². The van der Waals surface area contributed by atoms with Crippen LogP contribution in [0.2, 0.25) is 0 Å². The number of hydrogen-bond acceptors (Lipinski definition) is 2. The van der Waals surface area contributed by atoms with Crippen LogP contribution in [0.4, 0.5) is 5.69 Å². The van der Waals surface area contributed by atoms with Gasteiger partial charge in [0.1, 0.15) is 0 Å². The zero-order chi connectivity index (χ0) is 18.6. The molecule has 1 aliphatic carbocycles. The van der Waals surface area contributed by atoms with E-state index in [1.807, 2.05) is 30.3 Å². The fraction of sp³-hybridized carbons (Fsp3) is 0.458. The molecule has 2 aromatic rings. The third-order valence-electron chi connectivity index (χ3n) is 6.35. The summed E-state index contributed by atoms with van der Waals surface area (Å²) in [5.41, 5.74) is 3.35. The van der Waals surface area contributed by atoms with Crippen molar-refractivity contribution in [3.8, 4) is 0 Å². The van der Waals surface area contributed by atoms with Gasteiger partial charge in [0.2, 0.25) is 5.91 Å². The Hall–Kier alpha value is -2.13. The number of carbonyl (C=O) groups is 1. The van der Waals surface area contributed by atoms with Crippen LogP contribution in [-0.2, 0) is 11.2 Å². The maximum atomic E-state index is 12.2. The van der Waals surface area contributed by atoms with Crippen LogP contribution in [-0.4, -0.2) is 29.4 Å². The summed E-state index contributed by atoms with van der Waals surface area (Å²) in [4.78, 5) is 15.0. The Morgan fingerprint density at radius 3 is 2.52 bits per heavy atom. The van der Waals surface area contributed by atoms with Crippen LogP contribution in [0, 0.1) is 0 Å². The molecule has 27 heavy (non-hydrogen) atoms. The molecule has 1 aliphatic heterocycles. The standard InChI is InChI=1S/C24H30N2O/c1-18-6-5-15-26(18)23-14-11-21(17-23)20-9-12-22(13-10-20)25-24(27)16-19-7-3-2-4-8-19/h2-4,7-10,12-13,18,21,23H,5-6,11,14-17H2,1H3,(H,25,27). The minimum absolute atomic E-state index is 0.0397. The van der Waals surface area contributed by atoms with Crippen molar-refractivity contribution >= 4 is 11.6 Å². The summed E-state index contributed by atoms with van der Waals surface area (Å²) in [5, 5.41) is 3.02. The molecule has 2 aromatic carbocycles. The molecule has 142 valence electrons. The number of rotatable bonds is 5. The van der Waals surface area contributed by atoms with Gasteiger partial charge >= 0.3 is 0 Å². The van der Waals surface area contributed by atoms with E-state index >= 15 is 0 Å². The molecule has 1 saturated carbocycles. The van der Waals surface area contributed by atoms with Crippen LogP contribution in [0.5, 0.6) is 0 Å². The fourth-order valence-corrected chi connectivity index (χ4v) is 4.88. The van der Waals surface area contributed by atoms with E-state index in [4.69, 9.17) is 0 Å². The van der Waals surface area contributed by atoms with Crippen molar-refractivity contribution in [3.05, 3.63) is 65.7 Å². The number of anilines is 1. The first-order valence-corrected chi connectivity index (χ1v) is 10.4. The molecule has 1 saturated heterocycles. The Bertz CT molecular complexity index is 756. The molecule has 3 atom stereocenters. The van der Waals surface area contributed by atoms with Gasteiger partial charge in [-0.25, -0.2) is 0 Å². The van der Waals surface area contributed by atoms with E-state index in [1.54, 1.807) is 0 Å². The lowest BCUT2D eigenvalue weighted by molar-refractivity contribution is -0.115. The van der Waals surface area contributed by atoms with E-state index in [2.05, 4.69) is 41.4 Å². The monoisotopic (exact) mass is 362 g/mol. The van der Waals surface area contributed by atoms with Crippen LogP contribution in [0.25, 0.3) is 0 Å². The summed E-state index contributed by atoms with van der Waals surface area (Å²) in [6, 6.07) is 19.9. The maximum Gasteiger partial charge on any atom is 0.228 e. The summed E-state index contributed by atoms with van der Waals surface area (Å²) >= 11 is 0. The summed E-state index contributed by atoms with van der Waals surface area (Å²) in [6.45, 7) is 3.66. The van der Waals surface area contributed by atoms with Crippen molar-refractivity contribution in [2.45, 2.75) is 63.5 Å². The number of nitrogens with zero attached hydrogens (tertiary/aromatic N) is 1. The Labute approximate surface area is 162 Å². The molecule has 0 bridgehead atoms. The molecular weight excluding hydrogens is 332 g/mol. The van der Waals surface area contributed by atoms with E-state index in [9.17, 15) is 4.79 Å². The summed E-state index contributed by atoms with van der Waals surface area (Å²) < 4.78 is 0. The first-order chi connectivity index (χ1) is 13.2. The quantitative estimate of drug-likeness (QED) is 0.813. The first-order valence-electron chi connectivity index (χ1n) is 10.4. The molecule has 2 fully saturated rings. The normalized spacial score (nSPS) is 25.6. The summed E-state index contributed by atoms with van der Waals surface area (Å²) in [7, 11) is 0. The second-order valence-corrected chi connectivity index (χ2v) is 8.23. The van der Waals surface area contributed by atoms with Crippen LogP contribution in [0.1, 0.15) is 56.1 Å². The molecule has 1 heterocycles. The molecule has 3 nitrogen and oxygen atoms in total. The number of amides is 1. The Balaban J connectivity index is 1.32. The van der Waals surface area contributed by atoms with Gasteiger partial charge < -0.3 is 5.32 Å². The van der Waals surface area contributed by atoms with Crippen LogP contribution >= 0.6 is 0 Å². The van der Waals surface area contributed by atoms with E-state index in [-0.39, 0.29) is 5.91 Å². The lowest BCUT2D eigenvalue weighted by atomic mass is 9.97. The number of hydrogen-bond donors (Lipinski definition) is 1. The molecule has 3 unspecified atom stereocenters. The molecule has 0 aromatic heterocycles. The third kappa shape index (κ3) is 4.41. The topological polar surface area (TPSA) is 32.3 Å². The average molecular weight is 363 g/mol. The molecule has 0 radical (unpaired) electrons. The Kier molecular flexibility index (Phi) is 5.58. The lowest BCUT2D eigenvalue weighted by Gasteiger charge is -2.28. The molecule has 1 N–H and O–H groups in total. The number of benzene rings is 2. The van der Waals surface area contributed by atoms with Gasteiger partial charge in [-0.15, -0.1) is 0 Å². The molecule has 4 rings (SSSR count). The number of carbonyl (C=O) groups excluding carboxylic acids is 1. The van der Waals surface area contributed by atoms with Gasteiger partial charge in [-0.2, -0.15) is 0 Å². The van der Waals surface area contributed by atoms with Gasteiger partial charge in [-0.05, 0) is 74.8 Å². The Morgan fingerprint density at radius 2 is 1.81 bits per heavy atom. The molecule has 2 aliphatic rings. The smallest absolute Gasteiger partial charge is 0.228 e. The van der Waals surface area contributed by atoms with Gasteiger partial charge in [0.25, 0.3) is 0 Å². The zero-order valence-corrected chi connectivity index (χ0v) is 16.2. The third-order valence-corrected chi connectivity index (χ3v) is 6.35. The van der Waals surface area contributed by atoms with Gasteiger partial charge in [0.15, 0.2) is 0 Å². The predicted octanol–water partition coefficient (Wildman–Crippen LogP) is 4.99. The van der Waals surface area contributed by atoms with E-state index in [0.717, 1.165) is 23.3 Å². The predicted molar refractivity (Wildman–Crippen MR) is 111 cm³/mol. The molecule has 3 heteroatoms. The fourth-order valence-electron chi connectivity index (χ4n) is 4.88. The molecule has 0 spiro atoms. The van der Waals surface area contributed by atoms with Crippen LogP contribution in [0.15, 0.2) is 54.6 Å². The van der Waals surface area contributed by atoms with Gasteiger partial charge in [0, 0.05) is 17.8 Å². The van der Waals surface area contributed by atoms with Gasteiger partial charge in [0.05, 0.1) is 6.42 Å². The van der Waals surface area contributed by atoms with E-state index < -0.39 is 0 Å². The maximum absolute atomic E-state index is 12.2. The summed E-state index contributed by atoms with van der Waals surface area (Å²) in [6.07, 6.45) is 7.03. The van der Waals surface area contributed by atoms with Crippen molar-refractivity contribution in [1.82, 2.24) is 4.90 Å². The largest absolute Gasteiger partial charge is 0.326 e. The van der Waals surface area contributed by atoms with Crippen molar-refractivity contribution in [3.63, 3.8) is 0 Å². The van der Waals surface area contributed by atoms with Crippen molar-refractivity contribution in [1.29, 1.82) is 0 Å². The van der Waals surface area contributed by atoms with Crippen LogP contribution < -0.4 is 5.32 Å². The zero-order valence-electron chi connectivity index (χ0n) is 16.2. The molecule has 1 amide bonds. The highest BCUT2D eigenvalue weighted by Gasteiger charge is 2.34. The molecular formula is C24H30N2O. The second-order valence-electron chi connectivity index (χ2n) is 8.23. The second kappa shape index (κ2) is 8.26. The van der Waals surface area contributed by atoms with Crippen LogP contribution in [0.3, 0.4) is 0 Å². The highest BCUT2D eigenvalue weighted by molar-refractivity contribution is 5.92. The lowest BCUT2D eigenvalue weighted by Crippen LogP contribution is -2.35. The first kappa shape index (κ1) is 18.2. The van der Waals surface area contributed by atoms with Gasteiger partial charge in [-0.3, -0.25) is 9.69 Å². The number of nitrogens with one attached hydrogen (secondary N) is 1. The Morgan fingerprint density at radius 1 is 1.04 bits per heavy atom. The van der Waals surface area contributed by atoms with Crippen molar-refractivity contribution in [2.24, 2.45) is 0 Å². The van der Waals surface area contributed by atoms with Gasteiger partial charge in [-0.1, -0.05) is 42.5 Å².